The van der Waals surface area contributed by atoms with E-state index in [1.165, 1.54) is 72.8 Å². The van der Waals surface area contributed by atoms with Crippen molar-refractivity contribution < 1.29 is 0 Å². The van der Waals surface area contributed by atoms with Crippen LogP contribution >= 0.6 is 0 Å². The van der Waals surface area contributed by atoms with Crippen LogP contribution in [-0.4, -0.2) is 16.7 Å². The fourth-order valence-electron chi connectivity index (χ4n) is 9.11. The Morgan fingerprint density at radius 1 is 0.322 bits per heavy atom. The third-order valence-electron chi connectivity index (χ3n) is 11.6. The number of pyridine rings is 2. The van der Waals surface area contributed by atoms with Gasteiger partial charge in [0.1, 0.15) is 0 Å². The molecule has 12 rings (SSSR count). The molecule has 0 atom stereocenters. The number of fused-ring (bicyclic) bond motifs is 7. The van der Waals surface area contributed by atoms with Crippen molar-refractivity contribution in [2.45, 2.75) is 0 Å². The Balaban J connectivity index is 0.000000139. The van der Waals surface area contributed by atoms with Gasteiger partial charge in [0.05, 0.1) is 11.0 Å². The number of benzene rings is 8. The van der Waals surface area contributed by atoms with Gasteiger partial charge >= 0.3 is 0 Å². The fourth-order valence-corrected chi connectivity index (χ4v) is 9.11. The van der Waals surface area contributed by atoms with Crippen LogP contribution in [0.4, 0.5) is 34.1 Å². The Kier molecular flexibility index (Phi) is 8.56. The highest BCUT2D eigenvalue weighted by molar-refractivity contribution is 7.00. The SMILES string of the molecule is c1ccc(-c2ccnc3c2ccc2c(-c4ccccc4)ccnc23)cc1.c1ccc(N2c3ccccc3B3c4ccccc4N(c4ccccc4)c4cccc2c43)cc1. The number of nitrogens with zero attached hydrogens (tertiary/aromatic N) is 4. The summed E-state index contributed by atoms with van der Waals surface area (Å²) in [6.45, 7) is 0.198. The molecule has 0 amide bonds. The first-order valence-corrected chi connectivity index (χ1v) is 20.1. The molecular weight excluding hydrogens is 715 g/mol. The number of anilines is 6. The molecule has 0 radical (unpaired) electrons. The standard InChI is InChI=1S/C30H21BN2.C24H16N2/c1-3-12-22(13-4-1)32-26-18-9-7-16-24(26)31-25-17-8-10-19-27(25)33(23-14-5-2-6-15-23)29-21-11-20-28(32)30(29)31;1-3-7-17(8-4-1)19-13-15-25-23-21(19)11-12-22-20(14-16-26-24(22)23)18-9-5-2-6-10-18/h1-21H;1-16H. The minimum atomic E-state index is 0.198. The molecule has 0 aliphatic carbocycles. The molecule has 5 heteroatoms. The Morgan fingerprint density at radius 2 is 0.695 bits per heavy atom. The zero-order chi connectivity index (χ0) is 39.1. The van der Waals surface area contributed by atoms with Gasteiger partial charge in [0.2, 0.25) is 0 Å². The minimum Gasteiger partial charge on any atom is -0.311 e. The highest BCUT2D eigenvalue weighted by Crippen LogP contribution is 2.43. The summed E-state index contributed by atoms with van der Waals surface area (Å²) < 4.78 is 0. The molecule has 0 saturated heterocycles. The van der Waals surface area contributed by atoms with Gasteiger partial charge in [-0.1, -0.05) is 152 Å². The van der Waals surface area contributed by atoms with Crippen LogP contribution in [0.25, 0.3) is 44.1 Å². The molecule has 0 N–H and O–H groups in total. The predicted octanol–water partition coefficient (Wildman–Crippen LogP) is 11.9. The number of para-hydroxylation sites is 4. The molecule has 4 heterocycles. The zero-order valence-electron chi connectivity index (χ0n) is 32.2. The Bertz CT molecular complexity index is 2910. The summed E-state index contributed by atoms with van der Waals surface area (Å²) in [5.74, 6) is 0. The van der Waals surface area contributed by atoms with Crippen LogP contribution < -0.4 is 26.2 Å². The maximum absolute atomic E-state index is 4.67. The maximum Gasteiger partial charge on any atom is 0.252 e. The van der Waals surface area contributed by atoms with Crippen molar-refractivity contribution in [3.8, 4) is 22.3 Å². The summed E-state index contributed by atoms with van der Waals surface area (Å²) in [6, 6.07) is 75.2. The first-order valence-electron chi connectivity index (χ1n) is 20.1. The van der Waals surface area contributed by atoms with Crippen molar-refractivity contribution in [2.24, 2.45) is 0 Å². The van der Waals surface area contributed by atoms with E-state index >= 15 is 0 Å². The van der Waals surface area contributed by atoms with Crippen LogP contribution in [0.5, 0.6) is 0 Å². The average Bonchev–Trinajstić information content (AvgIpc) is 3.32. The molecule has 59 heavy (non-hydrogen) atoms. The highest BCUT2D eigenvalue weighted by atomic mass is 15.2. The van der Waals surface area contributed by atoms with Crippen LogP contribution in [0.2, 0.25) is 0 Å². The quantitative estimate of drug-likeness (QED) is 0.132. The second-order valence-electron chi connectivity index (χ2n) is 14.9. The third-order valence-corrected chi connectivity index (χ3v) is 11.6. The number of rotatable bonds is 4. The molecule has 4 nitrogen and oxygen atoms in total. The van der Waals surface area contributed by atoms with Crippen molar-refractivity contribution in [2.75, 3.05) is 9.80 Å². The van der Waals surface area contributed by atoms with Gasteiger partial charge in [-0.2, -0.15) is 0 Å². The Labute approximate surface area is 344 Å². The van der Waals surface area contributed by atoms with Crippen molar-refractivity contribution in [3.05, 3.63) is 225 Å². The van der Waals surface area contributed by atoms with E-state index in [0.29, 0.717) is 0 Å². The van der Waals surface area contributed by atoms with Crippen LogP contribution in [0.3, 0.4) is 0 Å². The molecule has 8 aromatic carbocycles. The number of hydrogen-bond acceptors (Lipinski definition) is 4. The molecular formula is C54H37BN4. The number of hydrogen-bond donors (Lipinski definition) is 0. The number of aromatic nitrogens is 2. The van der Waals surface area contributed by atoms with E-state index in [-0.39, 0.29) is 6.71 Å². The lowest BCUT2D eigenvalue weighted by atomic mass is 9.33. The van der Waals surface area contributed by atoms with Crippen molar-refractivity contribution in [1.29, 1.82) is 0 Å². The Morgan fingerprint density at radius 3 is 1.14 bits per heavy atom. The average molecular weight is 753 g/mol. The van der Waals surface area contributed by atoms with Gasteiger partial charge in [-0.15, -0.1) is 0 Å². The van der Waals surface area contributed by atoms with Crippen molar-refractivity contribution >= 4 is 79.0 Å². The normalized spacial score (nSPS) is 12.3. The topological polar surface area (TPSA) is 32.3 Å². The smallest absolute Gasteiger partial charge is 0.252 e. The molecule has 2 aromatic heterocycles. The second kappa shape index (κ2) is 14.6. The highest BCUT2D eigenvalue weighted by Gasteiger charge is 2.42. The molecule has 0 bridgehead atoms. The molecule has 0 unspecified atom stereocenters. The van der Waals surface area contributed by atoms with Crippen molar-refractivity contribution in [1.82, 2.24) is 9.97 Å². The van der Waals surface area contributed by atoms with Gasteiger partial charge in [-0.05, 0) is 99.3 Å². The van der Waals surface area contributed by atoms with E-state index in [0.717, 1.165) is 21.8 Å². The van der Waals surface area contributed by atoms with Gasteiger partial charge < -0.3 is 9.80 Å². The van der Waals surface area contributed by atoms with Gasteiger partial charge in [-0.3, -0.25) is 9.97 Å². The van der Waals surface area contributed by atoms with E-state index in [1.54, 1.807) is 0 Å². The van der Waals surface area contributed by atoms with Crippen LogP contribution in [0, 0.1) is 0 Å². The molecule has 10 aromatic rings. The van der Waals surface area contributed by atoms with Gasteiger partial charge in [0.25, 0.3) is 6.71 Å². The third kappa shape index (κ3) is 5.86. The summed E-state index contributed by atoms with van der Waals surface area (Å²) >= 11 is 0. The van der Waals surface area contributed by atoms with Gasteiger partial charge in [0.15, 0.2) is 0 Å². The first-order chi connectivity index (χ1) is 29.3. The largest absolute Gasteiger partial charge is 0.311 e. The maximum atomic E-state index is 4.67. The molecule has 2 aliphatic rings. The van der Waals surface area contributed by atoms with E-state index < -0.39 is 0 Å². The van der Waals surface area contributed by atoms with E-state index in [9.17, 15) is 0 Å². The minimum absolute atomic E-state index is 0.198. The van der Waals surface area contributed by atoms with Gasteiger partial charge in [-0.25, -0.2) is 0 Å². The lowest BCUT2D eigenvalue weighted by molar-refractivity contribution is 1.25. The Hall–Kier alpha value is -7.76. The van der Waals surface area contributed by atoms with Crippen LogP contribution in [0.15, 0.2) is 225 Å². The summed E-state index contributed by atoms with van der Waals surface area (Å²) in [6.07, 6.45) is 3.75. The molecule has 0 saturated carbocycles. The zero-order valence-corrected chi connectivity index (χ0v) is 32.2. The van der Waals surface area contributed by atoms with E-state index in [2.05, 4.69) is 220 Å². The predicted molar refractivity (Wildman–Crippen MR) is 248 cm³/mol. The lowest BCUT2D eigenvalue weighted by Crippen LogP contribution is -2.61. The van der Waals surface area contributed by atoms with Crippen LogP contribution in [0.1, 0.15) is 0 Å². The lowest BCUT2D eigenvalue weighted by Gasteiger charge is -2.44. The van der Waals surface area contributed by atoms with Crippen LogP contribution in [-0.2, 0) is 0 Å². The summed E-state index contributed by atoms with van der Waals surface area (Å²) in [5, 5.41) is 2.26. The molecule has 0 spiro atoms. The summed E-state index contributed by atoms with van der Waals surface area (Å²) in [4.78, 5) is 14.2. The fraction of sp³-hybridized carbons (Fsp3) is 0. The molecule has 0 fully saturated rings. The summed E-state index contributed by atoms with van der Waals surface area (Å²) in [7, 11) is 0. The van der Waals surface area contributed by atoms with Gasteiger partial charge in [0, 0.05) is 57.3 Å². The summed E-state index contributed by atoms with van der Waals surface area (Å²) in [5.41, 5.74) is 18.1. The molecule has 276 valence electrons. The van der Waals surface area contributed by atoms with Crippen molar-refractivity contribution in [3.63, 3.8) is 0 Å². The first kappa shape index (κ1) is 34.5. The van der Waals surface area contributed by atoms with E-state index in [4.69, 9.17) is 0 Å². The second-order valence-corrected chi connectivity index (χ2v) is 14.9. The monoisotopic (exact) mass is 752 g/mol. The molecule has 2 aliphatic heterocycles. The van der Waals surface area contributed by atoms with E-state index in [1.807, 2.05) is 24.5 Å².